The highest BCUT2D eigenvalue weighted by Gasteiger charge is 2.36. The Morgan fingerprint density at radius 2 is 1.76 bits per heavy atom. The maximum atomic E-state index is 5.92. The first-order valence-corrected chi connectivity index (χ1v) is 8.07. The number of fused-ring (bicyclic) bond motifs is 3. The average molecular weight is 288 g/mol. The fourth-order valence-electron chi connectivity index (χ4n) is 4.10. The van der Waals surface area contributed by atoms with Gasteiger partial charge in [0.05, 0.1) is 0 Å². The van der Waals surface area contributed by atoms with Crippen LogP contribution in [0.1, 0.15) is 22.3 Å². The molecule has 0 radical (unpaired) electrons. The molecule has 21 heavy (non-hydrogen) atoms. The number of piperazine rings is 3. The van der Waals surface area contributed by atoms with E-state index in [2.05, 4.69) is 48.1 Å². The Morgan fingerprint density at radius 3 is 2.24 bits per heavy atom. The fourth-order valence-corrected chi connectivity index (χ4v) is 4.10. The molecule has 2 unspecified atom stereocenters. The molecule has 3 heterocycles. The molecule has 0 spiro atoms. The van der Waals surface area contributed by atoms with Crippen LogP contribution in [0.2, 0.25) is 0 Å². The van der Waals surface area contributed by atoms with Crippen molar-refractivity contribution in [3.8, 4) is 0 Å². The number of nitrogens with zero attached hydrogens (tertiary/aromatic N) is 2. The average Bonchev–Trinajstić information content (AvgIpc) is 2.47. The second-order valence-electron chi connectivity index (χ2n) is 6.76. The van der Waals surface area contributed by atoms with E-state index in [1.54, 1.807) is 0 Å². The lowest BCUT2D eigenvalue weighted by Gasteiger charge is -2.50. The van der Waals surface area contributed by atoms with Gasteiger partial charge in [0.1, 0.15) is 0 Å². The maximum absolute atomic E-state index is 5.92. The summed E-state index contributed by atoms with van der Waals surface area (Å²) in [4.78, 5) is 5.19. The lowest BCUT2D eigenvalue weighted by atomic mass is 9.90. The molecule has 2 bridgehead atoms. The second-order valence-corrected chi connectivity index (χ2v) is 6.76. The standard InChI is InChI=1S/C17H28N4/c1-12-8-13(2)15(14(3)9-12)10-16(19-18)17-11-20-4-6-21(17)7-5-20/h8-9,16-17,19H,4-7,10-11,18H2,1-3H3. The van der Waals surface area contributed by atoms with Crippen LogP contribution in [0.15, 0.2) is 12.1 Å². The molecule has 2 atom stereocenters. The van der Waals surface area contributed by atoms with Crippen molar-refractivity contribution in [2.45, 2.75) is 39.3 Å². The Labute approximate surface area is 128 Å². The zero-order chi connectivity index (χ0) is 15.0. The van der Waals surface area contributed by atoms with Crippen LogP contribution >= 0.6 is 0 Å². The second kappa shape index (κ2) is 6.05. The van der Waals surface area contributed by atoms with Crippen molar-refractivity contribution in [3.63, 3.8) is 0 Å². The lowest BCUT2D eigenvalue weighted by molar-refractivity contribution is -0.00318. The van der Waals surface area contributed by atoms with Gasteiger partial charge in [0.2, 0.25) is 0 Å². The topological polar surface area (TPSA) is 44.5 Å². The molecule has 3 saturated heterocycles. The van der Waals surface area contributed by atoms with E-state index in [1.807, 2.05) is 0 Å². The number of nitrogens with two attached hydrogens (primary N) is 1. The molecule has 0 amide bonds. The minimum Gasteiger partial charge on any atom is -0.299 e. The number of aryl methyl sites for hydroxylation is 3. The van der Waals surface area contributed by atoms with Crippen molar-refractivity contribution in [3.05, 3.63) is 34.4 Å². The van der Waals surface area contributed by atoms with E-state index in [-0.39, 0.29) is 0 Å². The van der Waals surface area contributed by atoms with Crippen molar-refractivity contribution in [2.24, 2.45) is 5.84 Å². The third kappa shape index (κ3) is 2.99. The van der Waals surface area contributed by atoms with Gasteiger partial charge in [0.25, 0.3) is 0 Å². The number of hydrogen-bond acceptors (Lipinski definition) is 4. The van der Waals surface area contributed by atoms with Crippen molar-refractivity contribution in [1.29, 1.82) is 0 Å². The predicted octanol–water partition coefficient (Wildman–Crippen LogP) is 0.986. The summed E-state index contributed by atoms with van der Waals surface area (Å²) in [5.74, 6) is 5.92. The molecule has 3 N–H and O–H groups in total. The third-order valence-corrected chi connectivity index (χ3v) is 5.26. The maximum Gasteiger partial charge on any atom is 0.0419 e. The monoisotopic (exact) mass is 288 g/mol. The summed E-state index contributed by atoms with van der Waals surface area (Å²) in [6.45, 7) is 12.6. The molecule has 3 aliphatic rings. The highest BCUT2D eigenvalue weighted by atomic mass is 15.4. The summed E-state index contributed by atoms with van der Waals surface area (Å²) in [5.41, 5.74) is 8.70. The molecular weight excluding hydrogens is 260 g/mol. The first-order valence-electron chi connectivity index (χ1n) is 8.07. The predicted molar refractivity (Wildman–Crippen MR) is 87.3 cm³/mol. The molecule has 3 fully saturated rings. The van der Waals surface area contributed by atoms with Gasteiger partial charge in [-0.15, -0.1) is 0 Å². The van der Waals surface area contributed by atoms with Crippen LogP contribution in [0.4, 0.5) is 0 Å². The first-order chi connectivity index (χ1) is 10.1. The van der Waals surface area contributed by atoms with E-state index in [0.717, 1.165) is 13.0 Å². The third-order valence-electron chi connectivity index (χ3n) is 5.26. The van der Waals surface area contributed by atoms with Crippen LogP contribution in [-0.2, 0) is 6.42 Å². The number of rotatable bonds is 4. The largest absolute Gasteiger partial charge is 0.299 e. The number of hydrogen-bond donors (Lipinski definition) is 2. The van der Waals surface area contributed by atoms with Crippen LogP contribution < -0.4 is 11.3 Å². The summed E-state index contributed by atoms with van der Waals surface area (Å²) in [6, 6.07) is 5.44. The number of nitrogens with one attached hydrogen (secondary N) is 1. The Kier molecular flexibility index (Phi) is 4.31. The number of benzene rings is 1. The highest BCUT2D eigenvalue weighted by molar-refractivity contribution is 5.38. The molecule has 1 aromatic rings. The Balaban J connectivity index is 1.79. The molecule has 1 aromatic carbocycles. The minimum atomic E-state index is 0.327. The van der Waals surface area contributed by atoms with E-state index in [0.29, 0.717) is 12.1 Å². The molecule has 0 saturated carbocycles. The van der Waals surface area contributed by atoms with Crippen LogP contribution in [0.3, 0.4) is 0 Å². The fraction of sp³-hybridized carbons (Fsp3) is 0.647. The van der Waals surface area contributed by atoms with E-state index in [4.69, 9.17) is 5.84 Å². The van der Waals surface area contributed by atoms with Gasteiger partial charge >= 0.3 is 0 Å². The van der Waals surface area contributed by atoms with E-state index < -0.39 is 0 Å². The minimum absolute atomic E-state index is 0.327. The summed E-state index contributed by atoms with van der Waals surface area (Å²) in [5, 5.41) is 0. The normalized spacial score (nSPS) is 29.6. The van der Waals surface area contributed by atoms with Gasteiger partial charge in [-0.2, -0.15) is 0 Å². The van der Waals surface area contributed by atoms with Gasteiger partial charge in [0.15, 0.2) is 0 Å². The highest BCUT2D eigenvalue weighted by Crippen LogP contribution is 2.23. The van der Waals surface area contributed by atoms with Crippen LogP contribution in [-0.4, -0.2) is 54.6 Å². The molecule has 0 aromatic heterocycles. The molecule has 4 rings (SSSR count). The Hall–Kier alpha value is -0.940. The van der Waals surface area contributed by atoms with Gasteiger partial charge in [0, 0.05) is 44.8 Å². The molecule has 3 aliphatic heterocycles. The molecule has 0 aliphatic carbocycles. The number of hydrazine groups is 1. The van der Waals surface area contributed by atoms with Gasteiger partial charge < -0.3 is 0 Å². The first kappa shape index (κ1) is 15.0. The molecule has 4 nitrogen and oxygen atoms in total. The Bertz CT molecular complexity index is 483. The molecular formula is C17H28N4. The summed E-state index contributed by atoms with van der Waals surface area (Å²) in [7, 11) is 0. The SMILES string of the molecule is Cc1cc(C)c(CC(NN)C2CN3CCN2CC3)c(C)c1. The summed E-state index contributed by atoms with van der Waals surface area (Å²) >= 11 is 0. The van der Waals surface area contributed by atoms with Crippen molar-refractivity contribution >= 4 is 0 Å². The van der Waals surface area contributed by atoms with E-state index in [9.17, 15) is 0 Å². The smallest absolute Gasteiger partial charge is 0.0419 e. The van der Waals surface area contributed by atoms with Crippen LogP contribution in [0.25, 0.3) is 0 Å². The van der Waals surface area contributed by atoms with Crippen molar-refractivity contribution < 1.29 is 0 Å². The van der Waals surface area contributed by atoms with Crippen LogP contribution in [0.5, 0.6) is 0 Å². The van der Waals surface area contributed by atoms with Crippen molar-refractivity contribution in [1.82, 2.24) is 15.2 Å². The summed E-state index contributed by atoms with van der Waals surface area (Å²) in [6.07, 6.45) is 1.02. The quantitative estimate of drug-likeness (QED) is 0.640. The van der Waals surface area contributed by atoms with E-state index >= 15 is 0 Å². The van der Waals surface area contributed by atoms with Gasteiger partial charge in [-0.25, -0.2) is 0 Å². The van der Waals surface area contributed by atoms with E-state index in [1.165, 1.54) is 48.4 Å². The van der Waals surface area contributed by atoms with Gasteiger partial charge in [-0.3, -0.25) is 21.1 Å². The lowest BCUT2D eigenvalue weighted by Crippen LogP contribution is -2.67. The molecule has 116 valence electrons. The summed E-state index contributed by atoms with van der Waals surface area (Å²) < 4.78 is 0. The Morgan fingerprint density at radius 1 is 1.14 bits per heavy atom. The zero-order valence-corrected chi connectivity index (χ0v) is 13.5. The van der Waals surface area contributed by atoms with Gasteiger partial charge in [-0.05, 0) is 43.9 Å². The van der Waals surface area contributed by atoms with Gasteiger partial charge in [-0.1, -0.05) is 17.7 Å². The van der Waals surface area contributed by atoms with Crippen molar-refractivity contribution in [2.75, 3.05) is 32.7 Å². The zero-order valence-electron chi connectivity index (χ0n) is 13.5. The van der Waals surface area contributed by atoms with Crippen LogP contribution in [0, 0.1) is 20.8 Å². The molecule has 4 heteroatoms.